The monoisotopic (exact) mass is 1240 g/mol. The molecule has 0 bridgehead atoms. The van der Waals surface area contributed by atoms with Crippen LogP contribution in [0.15, 0.2) is 103 Å². The van der Waals surface area contributed by atoms with E-state index in [9.17, 15) is 4.79 Å². The van der Waals surface area contributed by atoms with Gasteiger partial charge in [-0.2, -0.15) is 0 Å². The molecule has 3 aromatic rings. The van der Waals surface area contributed by atoms with Gasteiger partial charge in [-0.05, 0) is 141 Å². The van der Waals surface area contributed by atoms with E-state index < -0.39 is 84.8 Å². The topological polar surface area (TPSA) is 171 Å². The number of hydrogen-bond acceptors (Lipinski definition) is 15. The second-order valence-electron chi connectivity index (χ2n) is 31.1. The first kappa shape index (κ1) is 66.1. The lowest BCUT2D eigenvalue weighted by atomic mass is 9.33. The number of methoxy groups -OCH3 is 1. The molecule has 2 N–H and O–H groups in total. The van der Waals surface area contributed by atoms with Gasteiger partial charge < -0.3 is 67.4 Å². The molecule has 13 unspecified atom stereocenters. The Kier molecular flexibility index (Phi) is 18.8. The molecular weight excluding hydrogens is 1140 g/mol. The quantitative estimate of drug-likeness (QED) is 0.0724. The van der Waals surface area contributed by atoms with Gasteiger partial charge in [0.1, 0.15) is 48.3 Å². The molecule has 90 heavy (non-hydrogen) atoms. The fourth-order valence-corrected chi connectivity index (χ4v) is 19.3. The molecule has 4 aliphatic heterocycles. The third kappa shape index (κ3) is 11.9. The van der Waals surface area contributed by atoms with Crippen LogP contribution < -0.4 is 5.73 Å². The van der Waals surface area contributed by atoms with Gasteiger partial charge in [0.2, 0.25) is 6.29 Å². The van der Waals surface area contributed by atoms with Crippen molar-refractivity contribution in [1.29, 1.82) is 0 Å². The summed E-state index contributed by atoms with van der Waals surface area (Å²) in [5.41, 5.74) is 9.90. The van der Waals surface area contributed by atoms with Gasteiger partial charge in [0.05, 0.1) is 51.3 Å². The van der Waals surface area contributed by atoms with Crippen LogP contribution in [0.5, 0.6) is 0 Å². The Labute approximate surface area is 536 Å². The lowest BCUT2D eigenvalue weighted by molar-refractivity contribution is -0.354. The van der Waals surface area contributed by atoms with E-state index in [0.29, 0.717) is 50.4 Å². The van der Waals surface area contributed by atoms with Crippen LogP contribution in [0.25, 0.3) is 0 Å². The zero-order valence-corrected chi connectivity index (χ0v) is 56.0. The van der Waals surface area contributed by atoms with Crippen LogP contribution in [0.3, 0.4) is 0 Å². The van der Waals surface area contributed by atoms with Gasteiger partial charge >= 0.3 is 5.97 Å². The van der Waals surface area contributed by atoms with Crippen molar-refractivity contribution in [3.63, 3.8) is 0 Å². The summed E-state index contributed by atoms with van der Waals surface area (Å²) >= 11 is 0. The number of nitrogens with two attached hydrogens (primary N) is 1. The van der Waals surface area contributed by atoms with Gasteiger partial charge in [-0.25, -0.2) is 0 Å². The SMILES string of the molecule is CO[C@H]1C[C@]2(C)C(=CCC3C4(C)CC[C@H](C)[C@](C)(C=O)[C@@H]4CC[C@]32C)C2CC(C)(C)CCC21C(=O)O[C@@H]1O[C@@H](COCc2ccccc2)C(N)C(C)C1O[C@@H]1O[C@H](C)C(O[C@@H]2OCC(OCc3ccccc3)C(OCc3ccccc3)C2C)C2OC(C)(C)OC21. The molecule has 4 saturated carbocycles. The molecule has 5 aliphatic carbocycles. The number of carbonyl (C=O) groups is 2. The van der Waals surface area contributed by atoms with Crippen LogP contribution in [0.1, 0.15) is 158 Å². The Bertz CT molecular complexity index is 2980. The normalized spacial score (nSPS) is 44.3. The van der Waals surface area contributed by atoms with Crippen molar-refractivity contribution in [1.82, 2.24) is 0 Å². The standard InChI is InChI=1S/C75H105NO14/c1-45-31-33-71(9)56(72(45,10)44-77)32-34-73(11)57(71)30-29-52-53-37-69(5,6)35-36-75(53,58(79-13)38-74(52,73)12)68(78)88-66-61(46(2)59(76)54(85-66)42-80-39-49-23-17-14-18-24-49)86-67-64-63(89-70(7,8)90-64)62(48(4)84-67)87-65-47(3)60(82-41-51-27-21-16-22-28-51)55(43-83-65)81-40-50-25-19-15-20-26-50/h14-29,44-48,53-67H,30-43,76H2,1-13H3/t45-,46?,47?,48+,53?,54-,55?,56+,57?,58-,59?,60?,61?,62?,63?,64?,65-,66-,67-,71?,72-,73+,74+,75?/m0/s1. The summed E-state index contributed by atoms with van der Waals surface area (Å²) in [6.07, 6.45) is 3.33. The van der Waals surface area contributed by atoms with E-state index in [4.69, 9.17) is 62.6 Å². The lowest BCUT2D eigenvalue weighted by Gasteiger charge is -2.71. The molecule has 15 heteroatoms. The predicted molar refractivity (Wildman–Crippen MR) is 340 cm³/mol. The van der Waals surface area contributed by atoms with Gasteiger partial charge in [-0.15, -0.1) is 0 Å². The maximum Gasteiger partial charge on any atom is 0.317 e. The molecule has 0 radical (unpaired) electrons. The highest BCUT2D eigenvalue weighted by molar-refractivity contribution is 5.80. The zero-order chi connectivity index (χ0) is 63.8. The Morgan fingerprint density at radius 1 is 0.667 bits per heavy atom. The molecule has 12 rings (SSSR count). The Morgan fingerprint density at radius 2 is 1.30 bits per heavy atom. The Hall–Kier alpha value is -3.94. The Balaban J connectivity index is 0.823. The number of hydrogen-bond donors (Lipinski definition) is 1. The van der Waals surface area contributed by atoms with Crippen molar-refractivity contribution in [2.45, 2.75) is 246 Å². The molecule has 24 atom stereocenters. The number of fused-ring (bicyclic) bond motifs is 8. The van der Waals surface area contributed by atoms with Gasteiger partial charge in [-0.3, -0.25) is 4.79 Å². The first-order valence-corrected chi connectivity index (χ1v) is 34.1. The molecule has 9 aliphatic rings. The van der Waals surface area contributed by atoms with Crippen LogP contribution in [0.4, 0.5) is 0 Å². The minimum absolute atomic E-state index is 0.0134. The molecule has 8 fully saturated rings. The second kappa shape index (κ2) is 25.7. The summed E-state index contributed by atoms with van der Waals surface area (Å²) < 4.78 is 82.3. The summed E-state index contributed by atoms with van der Waals surface area (Å²) in [4.78, 5) is 29.6. The molecule has 15 nitrogen and oxygen atoms in total. The van der Waals surface area contributed by atoms with Gasteiger partial charge in [0.15, 0.2) is 18.4 Å². The predicted octanol–water partition coefficient (Wildman–Crippen LogP) is 12.9. The van der Waals surface area contributed by atoms with Crippen LogP contribution >= 0.6 is 0 Å². The molecule has 0 amide bonds. The number of benzene rings is 3. The smallest absolute Gasteiger partial charge is 0.317 e. The number of esters is 1. The summed E-state index contributed by atoms with van der Waals surface area (Å²) in [5, 5.41) is 0. The fraction of sp³-hybridized carbons (Fsp3) is 0.707. The molecule has 3 aromatic carbocycles. The minimum atomic E-state index is -1.23. The number of allylic oxidation sites excluding steroid dienone is 2. The van der Waals surface area contributed by atoms with Crippen molar-refractivity contribution in [2.24, 2.45) is 73.7 Å². The highest BCUT2D eigenvalue weighted by Crippen LogP contribution is 2.76. The fourth-order valence-electron chi connectivity index (χ4n) is 19.3. The van der Waals surface area contributed by atoms with E-state index in [1.54, 1.807) is 7.11 Å². The molecule has 4 heterocycles. The zero-order valence-electron chi connectivity index (χ0n) is 56.0. The van der Waals surface area contributed by atoms with Crippen LogP contribution in [-0.2, 0) is 86.3 Å². The molecule has 494 valence electrons. The maximum atomic E-state index is 16.4. The summed E-state index contributed by atoms with van der Waals surface area (Å²) in [7, 11) is 1.79. The van der Waals surface area contributed by atoms with Gasteiger partial charge in [0, 0.05) is 30.4 Å². The molecule has 0 spiro atoms. The summed E-state index contributed by atoms with van der Waals surface area (Å²) in [5.74, 6) is -1.26. The van der Waals surface area contributed by atoms with Crippen LogP contribution in [0.2, 0.25) is 0 Å². The van der Waals surface area contributed by atoms with Gasteiger partial charge in [0.25, 0.3) is 0 Å². The summed E-state index contributed by atoms with van der Waals surface area (Å²) in [6.45, 7) is 28.2. The van der Waals surface area contributed by atoms with Gasteiger partial charge in [-0.1, -0.05) is 165 Å². The average Bonchev–Trinajstić information content (AvgIpc) is 0.758. The van der Waals surface area contributed by atoms with E-state index in [1.807, 2.05) is 94.4 Å². The third-order valence-corrected chi connectivity index (χ3v) is 25.0. The van der Waals surface area contributed by atoms with E-state index in [0.717, 1.165) is 61.6 Å². The van der Waals surface area contributed by atoms with Crippen molar-refractivity contribution in [3.05, 3.63) is 119 Å². The molecule has 0 aromatic heterocycles. The van der Waals surface area contributed by atoms with E-state index >= 15 is 4.79 Å². The van der Waals surface area contributed by atoms with Crippen molar-refractivity contribution in [2.75, 3.05) is 20.3 Å². The second-order valence-corrected chi connectivity index (χ2v) is 31.1. The summed E-state index contributed by atoms with van der Waals surface area (Å²) in [6, 6.07) is 29.7. The van der Waals surface area contributed by atoms with Crippen molar-refractivity contribution >= 4 is 12.3 Å². The highest BCUT2D eigenvalue weighted by Gasteiger charge is 2.72. The average molecular weight is 1240 g/mol. The van der Waals surface area contributed by atoms with E-state index in [1.165, 1.54) is 11.9 Å². The van der Waals surface area contributed by atoms with Crippen LogP contribution in [0, 0.1) is 68.0 Å². The van der Waals surface area contributed by atoms with Crippen LogP contribution in [-0.4, -0.2) is 118 Å². The number of ether oxygens (including phenoxy) is 12. The van der Waals surface area contributed by atoms with Crippen molar-refractivity contribution in [3.8, 4) is 0 Å². The van der Waals surface area contributed by atoms with Crippen molar-refractivity contribution < 1.29 is 66.4 Å². The first-order chi connectivity index (χ1) is 42.9. The largest absolute Gasteiger partial charge is 0.432 e. The Morgan fingerprint density at radius 3 is 1.96 bits per heavy atom. The minimum Gasteiger partial charge on any atom is -0.432 e. The van der Waals surface area contributed by atoms with E-state index in [-0.39, 0.29) is 70.3 Å². The first-order valence-electron chi connectivity index (χ1n) is 34.1. The molecule has 4 saturated heterocycles. The maximum absolute atomic E-state index is 16.4. The number of aldehydes is 1. The molecular formula is C75H105NO14. The lowest BCUT2D eigenvalue weighted by Crippen LogP contribution is -2.68. The third-order valence-electron chi connectivity index (χ3n) is 25.0. The number of rotatable bonds is 18. The highest BCUT2D eigenvalue weighted by atomic mass is 16.8. The number of carbonyl (C=O) groups excluding carboxylic acids is 2. The van der Waals surface area contributed by atoms with E-state index in [2.05, 4.69) is 85.7 Å².